The average molecular weight is 389 g/mol. The number of rotatable bonds is 6. The van der Waals surface area contributed by atoms with Crippen LogP contribution in [0.15, 0.2) is 42.6 Å². The Labute approximate surface area is 167 Å². The Hall–Kier alpha value is -3.73. The molecule has 8 heteroatoms. The van der Waals surface area contributed by atoms with Gasteiger partial charge in [-0.3, -0.25) is 10.1 Å². The van der Waals surface area contributed by atoms with Gasteiger partial charge in [-0.2, -0.15) is 5.26 Å². The molecule has 29 heavy (non-hydrogen) atoms. The molecule has 0 radical (unpaired) electrons. The Bertz CT molecular complexity index is 1100. The number of hydrogen-bond acceptors (Lipinski definition) is 7. The van der Waals surface area contributed by atoms with E-state index in [0.717, 1.165) is 18.4 Å². The van der Waals surface area contributed by atoms with E-state index in [1.807, 2.05) is 12.1 Å². The molecule has 146 valence electrons. The van der Waals surface area contributed by atoms with E-state index in [1.54, 1.807) is 18.3 Å². The maximum Gasteiger partial charge on any atom is 0.270 e. The fourth-order valence-corrected chi connectivity index (χ4v) is 3.50. The number of fused-ring (bicyclic) bond motifs is 1. The predicted molar refractivity (Wildman–Crippen MR) is 108 cm³/mol. The molecule has 2 heterocycles. The van der Waals surface area contributed by atoms with E-state index in [0.29, 0.717) is 34.7 Å². The van der Waals surface area contributed by atoms with Crippen molar-refractivity contribution >= 4 is 22.4 Å². The molecule has 1 aliphatic carbocycles. The maximum absolute atomic E-state index is 11.0. The van der Waals surface area contributed by atoms with Crippen LogP contribution in [0.25, 0.3) is 10.9 Å². The largest absolute Gasteiger partial charge is 0.474 e. The Morgan fingerprint density at radius 1 is 1.24 bits per heavy atom. The van der Waals surface area contributed by atoms with E-state index in [-0.39, 0.29) is 11.8 Å². The first-order chi connectivity index (χ1) is 14.1. The van der Waals surface area contributed by atoms with E-state index in [2.05, 4.69) is 21.4 Å². The number of nitrogens with one attached hydrogen (secondary N) is 1. The number of hydrogen-bond donors (Lipinski definition) is 1. The highest BCUT2D eigenvalue weighted by Gasteiger charge is 2.17. The molecule has 2 aromatic heterocycles. The third-order valence-corrected chi connectivity index (χ3v) is 4.99. The first kappa shape index (κ1) is 18.6. The lowest BCUT2D eigenvalue weighted by molar-refractivity contribution is -0.384. The first-order valence-electron chi connectivity index (χ1n) is 9.47. The van der Waals surface area contributed by atoms with E-state index in [4.69, 9.17) is 4.74 Å². The number of ether oxygens (including phenoxy) is 1. The van der Waals surface area contributed by atoms with Gasteiger partial charge in [-0.05, 0) is 49.4 Å². The van der Waals surface area contributed by atoms with Gasteiger partial charge in [-0.15, -0.1) is 0 Å². The number of nitrogens with zero attached hydrogens (tertiary/aromatic N) is 4. The summed E-state index contributed by atoms with van der Waals surface area (Å²) in [5.41, 5.74) is 1.78. The van der Waals surface area contributed by atoms with Crippen molar-refractivity contribution in [3.05, 3.63) is 63.8 Å². The van der Waals surface area contributed by atoms with E-state index >= 15 is 0 Å². The molecule has 1 saturated carbocycles. The molecule has 4 rings (SSSR count). The van der Waals surface area contributed by atoms with E-state index in [9.17, 15) is 15.4 Å². The SMILES string of the molecule is N#Cc1cc(NCc2ccnc(OC3CCCC3)c2)nc2ccc([N+](=O)[O-])cc12. The second kappa shape index (κ2) is 8.10. The highest BCUT2D eigenvalue weighted by Crippen LogP contribution is 2.26. The molecule has 3 aromatic rings. The summed E-state index contributed by atoms with van der Waals surface area (Å²) in [5, 5.41) is 24.1. The van der Waals surface area contributed by atoms with Crippen LogP contribution in [0.3, 0.4) is 0 Å². The van der Waals surface area contributed by atoms with Gasteiger partial charge in [0.05, 0.1) is 22.1 Å². The van der Waals surface area contributed by atoms with Gasteiger partial charge in [-0.25, -0.2) is 9.97 Å². The number of nitro benzene ring substituents is 1. The van der Waals surface area contributed by atoms with Crippen LogP contribution in [-0.2, 0) is 6.54 Å². The van der Waals surface area contributed by atoms with Gasteiger partial charge < -0.3 is 10.1 Å². The molecule has 0 unspecified atom stereocenters. The number of nitriles is 1. The van der Waals surface area contributed by atoms with Crippen molar-refractivity contribution in [2.45, 2.75) is 38.3 Å². The molecule has 8 nitrogen and oxygen atoms in total. The van der Waals surface area contributed by atoms with Crippen LogP contribution < -0.4 is 10.1 Å². The van der Waals surface area contributed by atoms with Crippen LogP contribution in [-0.4, -0.2) is 21.0 Å². The Kier molecular flexibility index (Phi) is 5.20. The summed E-state index contributed by atoms with van der Waals surface area (Å²) in [5.74, 6) is 1.14. The predicted octanol–water partition coefficient (Wildman–Crippen LogP) is 4.34. The van der Waals surface area contributed by atoms with Gasteiger partial charge >= 0.3 is 0 Å². The maximum atomic E-state index is 11.0. The van der Waals surface area contributed by atoms with Crippen LogP contribution in [0.2, 0.25) is 0 Å². The number of nitro groups is 1. The zero-order valence-electron chi connectivity index (χ0n) is 15.7. The molecule has 0 amide bonds. The van der Waals surface area contributed by atoms with Gasteiger partial charge in [0.1, 0.15) is 11.9 Å². The molecule has 0 bridgehead atoms. The minimum atomic E-state index is -0.485. The Balaban J connectivity index is 1.51. The molecule has 1 N–H and O–H groups in total. The van der Waals surface area contributed by atoms with Crippen molar-refractivity contribution in [1.82, 2.24) is 9.97 Å². The fourth-order valence-electron chi connectivity index (χ4n) is 3.50. The zero-order chi connectivity index (χ0) is 20.2. The standard InChI is InChI=1S/C21H19N5O3/c22-12-15-10-20(25-19-6-5-16(26(27)28)11-18(15)19)24-13-14-7-8-23-21(9-14)29-17-3-1-2-4-17/h5-11,17H,1-4,13H2,(H,24,25). The minimum Gasteiger partial charge on any atom is -0.474 e. The molecular weight excluding hydrogens is 370 g/mol. The van der Waals surface area contributed by atoms with E-state index in [1.165, 1.54) is 25.0 Å². The lowest BCUT2D eigenvalue weighted by Gasteiger charge is -2.13. The molecule has 0 atom stereocenters. The Morgan fingerprint density at radius 3 is 2.83 bits per heavy atom. The summed E-state index contributed by atoms with van der Waals surface area (Å²) >= 11 is 0. The number of benzene rings is 1. The van der Waals surface area contributed by atoms with Crippen LogP contribution in [0, 0.1) is 21.4 Å². The van der Waals surface area contributed by atoms with Crippen molar-refractivity contribution in [1.29, 1.82) is 5.26 Å². The molecule has 0 aliphatic heterocycles. The summed E-state index contributed by atoms with van der Waals surface area (Å²) in [6.07, 6.45) is 6.50. The third-order valence-electron chi connectivity index (χ3n) is 4.99. The first-order valence-corrected chi connectivity index (χ1v) is 9.47. The molecular formula is C21H19N5O3. The smallest absolute Gasteiger partial charge is 0.270 e. The van der Waals surface area contributed by atoms with Gasteiger partial charge in [0.15, 0.2) is 0 Å². The van der Waals surface area contributed by atoms with Crippen LogP contribution in [0.4, 0.5) is 11.5 Å². The molecule has 0 spiro atoms. The van der Waals surface area contributed by atoms with Crippen molar-refractivity contribution < 1.29 is 9.66 Å². The second-order valence-electron chi connectivity index (χ2n) is 7.01. The number of aromatic nitrogens is 2. The summed E-state index contributed by atoms with van der Waals surface area (Å²) < 4.78 is 5.94. The highest BCUT2D eigenvalue weighted by atomic mass is 16.6. The van der Waals surface area contributed by atoms with Gasteiger partial charge in [0.25, 0.3) is 5.69 Å². The van der Waals surface area contributed by atoms with E-state index < -0.39 is 4.92 Å². The van der Waals surface area contributed by atoms with Crippen LogP contribution in [0.5, 0.6) is 5.88 Å². The molecule has 1 aliphatic rings. The average Bonchev–Trinajstić information content (AvgIpc) is 3.24. The summed E-state index contributed by atoms with van der Waals surface area (Å²) in [7, 11) is 0. The minimum absolute atomic E-state index is 0.0666. The van der Waals surface area contributed by atoms with Crippen molar-refractivity contribution in [2.75, 3.05) is 5.32 Å². The van der Waals surface area contributed by atoms with Gasteiger partial charge in [0.2, 0.25) is 5.88 Å². The van der Waals surface area contributed by atoms with Crippen LogP contribution in [0.1, 0.15) is 36.8 Å². The number of non-ortho nitro benzene ring substituents is 1. The lowest BCUT2D eigenvalue weighted by atomic mass is 10.1. The quantitative estimate of drug-likeness (QED) is 0.492. The molecule has 1 aromatic carbocycles. The summed E-state index contributed by atoms with van der Waals surface area (Å²) in [4.78, 5) is 19.3. The van der Waals surface area contributed by atoms with Crippen LogP contribution >= 0.6 is 0 Å². The monoisotopic (exact) mass is 389 g/mol. The fraction of sp³-hybridized carbons (Fsp3) is 0.286. The topological polar surface area (TPSA) is 114 Å². The third kappa shape index (κ3) is 4.24. The lowest BCUT2D eigenvalue weighted by Crippen LogP contribution is -2.12. The zero-order valence-corrected chi connectivity index (χ0v) is 15.7. The number of anilines is 1. The van der Waals surface area contributed by atoms with Gasteiger partial charge in [0, 0.05) is 36.3 Å². The second-order valence-corrected chi connectivity index (χ2v) is 7.01. The van der Waals surface area contributed by atoms with Crippen molar-refractivity contribution in [2.24, 2.45) is 0 Å². The summed E-state index contributed by atoms with van der Waals surface area (Å²) in [6, 6.07) is 11.8. The Morgan fingerprint density at radius 2 is 2.07 bits per heavy atom. The van der Waals surface area contributed by atoms with Gasteiger partial charge in [-0.1, -0.05) is 0 Å². The number of pyridine rings is 2. The van der Waals surface area contributed by atoms with Crippen molar-refractivity contribution in [3.63, 3.8) is 0 Å². The summed E-state index contributed by atoms with van der Waals surface area (Å²) in [6.45, 7) is 0.486. The normalized spacial score (nSPS) is 13.9. The molecule has 0 saturated heterocycles. The highest BCUT2D eigenvalue weighted by molar-refractivity contribution is 5.88. The molecule has 1 fully saturated rings. The van der Waals surface area contributed by atoms with Crippen molar-refractivity contribution in [3.8, 4) is 11.9 Å².